The number of hydrogen-bond acceptors (Lipinski definition) is 5. The third-order valence-electron chi connectivity index (χ3n) is 4.06. The van der Waals surface area contributed by atoms with Gasteiger partial charge in [-0.15, -0.1) is 11.6 Å². The summed E-state index contributed by atoms with van der Waals surface area (Å²) in [5.41, 5.74) is -3.69. The summed E-state index contributed by atoms with van der Waals surface area (Å²) >= 11 is 11.3. The van der Waals surface area contributed by atoms with Gasteiger partial charge >= 0.3 is 6.18 Å². The number of hydrogen-bond donors (Lipinski definition) is 3. The van der Waals surface area contributed by atoms with Gasteiger partial charge < -0.3 is 15.7 Å². The molecular formula is C18H15Cl2F3N2O5S. The molecule has 0 saturated heterocycles. The average Bonchev–Trinajstić information content (AvgIpc) is 2.68. The first-order valence-corrected chi connectivity index (χ1v) is 10.7. The third kappa shape index (κ3) is 5.48. The average molecular weight is 499 g/mol. The Labute approximate surface area is 185 Å². The minimum Gasteiger partial charge on any atom is -0.373 e. The summed E-state index contributed by atoms with van der Waals surface area (Å²) < 4.78 is 63.8. The van der Waals surface area contributed by atoms with Gasteiger partial charge in [0.15, 0.2) is 0 Å². The molecule has 13 heteroatoms. The SMILES string of the molecule is CC(O)(C(=O)Nc1ccc(S(=O)(=O)c2ccc(NC(=O)CCl)cc2)cc1Cl)C(F)(F)F. The van der Waals surface area contributed by atoms with E-state index in [1.807, 2.05) is 5.32 Å². The fourth-order valence-electron chi connectivity index (χ4n) is 2.19. The van der Waals surface area contributed by atoms with Gasteiger partial charge in [0.1, 0.15) is 5.88 Å². The number of alkyl halides is 4. The van der Waals surface area contributed by atoms with E-state index >= 15 is 0 Å². The van der Waals surface area contributed by atoms with Crippen LogP contribution in [0.25, 0.3) is 0 Å². The van der Waals surface area contributed by atoms with Crippen LogP contribution in [0.5, 0.6) is 0 Å². The number of carbonyl (C=O) groups is 2. The molecule has 1 atom stereocenters. The van der Waals surface area contributed by atoms with Crippen LogP contribution in [0.4, 0.5) is 24.5 Å². The maximum absolute atomic E-state index is 12.8. The number of anilines is 2. The maximum atomic E-state index is 12.8. The van der Waals surface area contributed by atoms with E-state index in [-0.39, 0.29) is 33.3 Å². The molecule has 0 aromatic heterocycles. The number of rotatable bonds is 6. The van der Waals surface area contributed by atoms with Crippen LogP contribution >= 0.6 is 23.2 Å². The van der Waals surface area contributed by atoms with Crippen LogP contribution in [-0.2, 0) is 19.4 Å². The topological polar surface area (TPSA) is 113 Å². The highest BCUT2D eigenvalue weighted by Crippen LogP contribution is 2.33. The molecule has 2 amide bonds. The summed E-state index contributed by atoms with van der Waals surface area (Å²) in [5.74, 6) is -2.54. The Kier molecular flexibility index (Phi) is 7.26. The largest absolute Gasteiger partial charge is 0.426 e. The van der Waals surface area contributed by atoms with Crippen molar-refractivity contribution in [2.24, 2.45) is 0 Å². The van der Waals surface area contributed by atoms with Gasteiger partial charge in [-0.05, 0) is 49.4 Å². The molecule has 2 rings (SSSR count). The first-order chi connectivity index (χ1) is 14.2. The Morgan fingerprint density at radius 1 is 1.03 bits per heavy atom. The van der Waals surface area contributed by atoms with Crippen LogP contribution in [-0.4, -0.2) is 43.0 Å². The standard InChI is InChI=1S/C18H15Cl2F3N2O5S/c1-17(28,18(21,22)23)16(27)25-14-7-6-12(8-13(14)20)31(29,30)11-4-2-10(3-5-11)24-15(26)9-19/h2-8,28H,9H2,1H3,(H,24,26)(H,25,27). The molecule has 1 unspecified atom stereocenters. The van der Waals surface area contributed by atoms with Crippen LogP contribution in [0.15, 0.2) is 52.3 Å². The van der Waals surface area contributed by atoms with Crippen molar-refractivity contribution in [1.29, 1.82) is 0 Å². The van der Waals surface area contributed by atoms with E-state index < -0.39 is 33.4 Å². The van der Waals surface area contributed by atoms with Crippen molar-refractivity contribution in [2.75, 3.05) is 16.5 Å². The molecule has 31 heavy (non-hydrogen) atoms. The van der Waals surface area contributed by atoms with Crippen LogP contribution in [0.3, 0.4) is 0 Å². The zero-order chi connectivity index (χ0) is 23.6. The fourth-order valence-corrected chi connectivity index (χ4v) is 3.83. The molecule has 2 aromatic carbocycles. The molecule has 0 spiro atoms. The summed E-state index contributed by atoms with van der Waals surface area (Å²) in [6.07, 6.45) is -5.23. The molecule has 0 fully saturated rings. The lowest BCUT2D eigenvalue weighted by molar-refractivity contribution is -0.242. The smallest absolute Gasteiger partial charge is 0.373 e. The first-order valence-electron chi connectivity index (χ1n) is 8.31. The highest BCUT2D eigenvalue weighted by molar-refractivity contribution is 7.91. The van der Waals surface area contributed by atoms with Gasteiger partial charge in [0.05, 0.1) is 20.5 Å². The summed E-state index contributed by atoms with van der Waals surface area (Å²) in [7, 11) is -4.07. The molecule has 7 nitrogen and oxygen atoms in total. The minimum atomic E-state index is -5.23. The number of sulfone groups is 1. The van der Waals surface area contributed by atoms with Crippen LogP contribution in [0, 0.1) is 0 Å². The fraction of sp³-hybridized carbons (Fsp3) is 0.222. The quantitative estimate of drug-likeness (QED) is 0.526. The van der Waals surface area contributed by atoms with Crippen molar-refractivity contribution < 1.29 is 36.3 Å². The Hall–Kier alpha value is -2.34. The molecule has 0 bridgehead atoms. The number of halogens is 5. The van der Waals surface area contributed by atoms with Gasteiger partial charge in [-0.1, -0.05) is 11.6 Å². The molecule has 0 radical (unpaired) electrons. The number of carbonyl (C=O) groups excluding carboxylic acids is 2. The van der Waals surface area contributed by atoms with E-state index in [2.05, 4.69) is 5.32 Å². The van der Waals surface area contributed by atoms with Crippen molar-refractivity contribution in [1.82, 2.24) is 0 Å². The molecule has 0 heterocycles. The molecular weight excluding hydrogens is 484 g/mol. The zero-order valence-electron chi connectivity index (χ0n) is 15.6. The molecule has 168 valence electrons. The molecule has 3 N–H and O–H groups in total. The van der Waals surface area contributed by atoms with Crippen LogP contribution < -0.4 is 10.6 Å². The van der Waals surface area contributed by atoms with Crippen molar-refractivity contribution in [3.8, 4) is 0 Å². The summed E-state index contributed by atoms with van der Waals surface area (Å²) in [6, 6.07) is 8.10. The summed E-state index contributed by atoms with van der Waals surface area (Å²) in [5, 5.41) is 13.3. The Balaban J connectivity index is 2.27. The first kappa shape index (κ1) is 24.9. The van der Waals surface area contributed by atoms with E-state index in [4.69, 9.17) is 23.2 Å². The second-order valence-corrected chi connectivity index (χ2v) is 9.00. The third-order valence-corrected chi connectivity index (χ3v) is 6.39. The summed E-state index contributed by atoms with van der Waals surface area (Å²) in [6.45, 7) is 0.272. The highest BCUT2D eigenvalue weighted by Gasteiger charge is 2.55. The maximum Gasteiger partial charge on any atom is 0.426 e. The van der Waals surface area contributed by atoms with Crippen LogP contribution in [0.1, 0.15) is 6.92 Å². The monoisotopic (exact) mass is 498 g/mol. The van der Waals surface area contributed by atoms with Gasteiger partial charge in [-0.2, -0.15) is 13.2 Å². The van der Waals surface area contributed by atoms with Crippen molar-refractivity contribution >= 4 is 56.2 Å². The van der Waals surface area contributed by atoms with E-state index in [0.29, 0.717) is 5.69 Å². The van der Waals surface area contributed by atoms with Crippen LogP contribution in [0.2, 0.25) is 5.02 Å². The summed E-state index contributed by atoms with van der Waals surface area (Å²) in [4.78, 5) is 22.6. The molecule has 0 aliphatic carbocycles. The second kappa shape index (κ2) is 9.03. The van der Waals surface area contributed by atoms with E-state index in [0.717, 1.165) is 18.2 Å². The Bertz CT molecular complexity index is 1100. The van der Waals surface area contributed by atoms with Crippen molar-refractivity contribution in [3.63, 3.8) is 0 Å². The molecule has 0 aliphatic heterocycles. The normalized spacial score (nSPS) is 13.9. The van der Waals surface area contributed by atoms with Gasteiger partial charge in [0.25, 0.3) is 5.91 Å². The lowest BCUT2D eigenvalue weighted by atomic mass is 10.1. The molecule has 0 aliphatic rings. The number of amides is 2. The predicted molar refractivity (Wildman–Crippen MR) is 108 cm³/mol. The van der Waals surface area contributed by atoms with Crippen molar-refractivity contribution in [3.05, 3.63) is 47.5 Å². The van der Waals surface area contributed by atoms with Gasteiger partial charge in [0, 0.05) is 5.69 Å². The number of nitrogens with one attached hydrogen (secondary N) is 2. The Morgan fingerprint density at radius 3 is 2.06 bits per heavy atom. The molecule has 0 saturated carbocycles. The second-order valence-electron chi connectivity index (χ2n) is 6.38. The number of benzene rings is 2. The van der Waals surface area contributed by atoms with E-state index in [1.54, 1.807) is 0 Å². The van der Waals surface area contributed by atoms with Gasteiger partial charge in [-0.25, -0.2) is 8.42 Å². The predicted octanol–water partition coefficient (Wildman–Crippen LogP) is 3.60. The highest BCUT2D eigenvalue weighted by atomic mass is 35.5. The van der Waals surface area contributed by atoms with Gasteiger partial charge in [-0.3, -0.25) is 9.59 Å². The lowest BCUT2D eigenvalue weighted by Crippen LogP contribution is -2.52. The van der Waals surface area contributed by atoms with E-state index in [9.17, 15) is 36.3 Å². The van der Waals surface area contributed by atoms with E-state index in [1.165, 1.54) is 24.3 Å². The minimum absolute atomic E-state index is 0.149. The Morgan fingerprint density at radius 2 is 1.58 bits per heavy atom. The lowest BCUT2D eigenvalue weighted by Gasteiger charge is -2.25. The van der Waals surface area contributed by atoms with Gasteiger partial charge in [0.2, 0.25) is 21.3 Å². The van der Waals surface area contributed by atoms with Crippen molar-refractivity contribution in [2.45, 2.75) is 28.5 Å². The molecule has 2 aromatic rings. The zero-order valence-corrected chi connectivity index (χ0v) is 18.0. The number of aliphatic hydroxyl groups is 1.